The van der Waals surface area contributed by atoms with E-state index >= 15 is 0 Å². The number of rotatable bonds is 2. The summed E-state index contributed by atoms with van der Waals surface area (Å²) in [6, 6.07) is 15.1. The Kier molecular flexibility index (Phi) is 3.70. The predicted molar refractivity (Wildman–Crippen MR) is 95.8 cm³/mol. The molecule has 0 radical (unpaired) electrons. The van der Waals surface area contributed by atoms with E-state index in [1.807, 2.05) is 13.1 Å². The van der Waals surface area contributed by atoms with E-state index in [9.17, 15) is 0 Å². The van der Waals surface area contributed by atoms with E-state index in [-0.39, 0.29) is 0 Å². The maximum absolute atomic E-state index is 4.86. The first kappa shape index (κ1) is 14.2. The molecule has 0 bridgehead atoms. The van der Waals surface area contributed by atoms with Gasteiger partial charge < -0.3 is 4.90 Å². The number of benzene rings is 1. The summed E-state index contributed by atoms with van der Waals surface area (Å²) in [7, 11) is 0. The lowest BCUT2D eigenvalue weighted by molar-refractivity contribution is 0.574. The molecule has 1 aromatic carbocycles. The molecular weight excluding hydrogens is 282 g/mol. The van der Waals surface area contributed by atoms with Gasteiger partial charge in [-0.15, -0.1) is 0 Å². The Balaban J connectivity index is 1.70. The highest BCUT2D eigenvalue weighted by Gasteiger charge is 2.12. The second-order valence-electron chi connectivity index (χ2n) is 6.31. The molecule has 1 saturated heterocycles. The van der Waals surface area contributed by atoms with Crippen LogP contribution in [0.3, 0.4) is 0 Å². The Morgan fingerprint density at radius 1 is 0.870 bits per heavy atom. The standard InChI is InChI=1S/C20H21N3/c1-15-13-17(9-10-21-15)16-5-7-19-18(14-16)6-8-20(22-19)23-11-3-2-4-12-23/h5-10,13-14H,2-4,11-12H2,1H3. The molecule has 1 aliphatic heterocycles. The third-order valence-electron chi connectivity index (χ3n) is 4.58. The zero-order valence-corrected chi connectivity index (χ0v) is 13.5. The molecule has 0 atom stereocenters. The first-order chi connectivity index (χ1) is 11.3. The Hall–Kier alpha value is -2.42. The minimum absolute atomic E-state index is 1.04. The topological polar surface area (TPSA) is 29.0 Å². The first-order valence-electron chi connectivity index (χ1n) is 8.38. The minimum atomic E-state index is 1.04. The molecule has 0 unspecified atom stereocenters. The van der Waals surface area contributed by atoms with Crippen LogP contribution in [0.15, 0.2) is 48.7 Å². The van der Waals surface area contributed by atoms with Gasteiger partial charge in [-0.1, -0.05) is 6.07 Å². The summed E-state index contributed by atoms with van der Waals surface area (Å²) < 4.78 is 0. The molecule has 0 saturated carbocycles. The summed E-state index contributed by atoms with van der Waals surface area (Å²) in [5, 5.41) is 1.19. The van der Waals surface area contributed by atoms with Gasteiger partial charge in [0.2, 0.25) is 0 Å². The highest BCUT2D eigenvalue weighted by atomic mass is 15.2. The molecule has 0 aliphatic carbocycles. The van der Waals surface area contributed by atoms with Gasteiger partial charge in [-0.05, 0) is 73.7 Å². The van der Waals surface area contributed by atoms with Crippen LogP contribution in [-0.4, -0.2) is 23.1 Å². The van der Waals surface area contributed by atoms with Crippen LogP contribution in [0, 0.1) is 6.92 Å². The highest BCUT2D eigenvalue weighted by Crippen LogP contribution is 2.26. The van der Waals surface area contributed by atoms with Crippen molar-refractivity contribution in [2.45, 2.75) is 26.2 Å². The fourth-order valence-corrected chi connectivity index (χ4v) is 3.32. The fourth-order valence-electron chi connectivity index (χ4n) is 3.32. The van der Waals surface area contributed by atoms with Crippen molar-refractivity contribution >= 4 is 16.7 Å². The monoisotopic (exact) mass is 303 g/mol. The second-order valence-corrected chi connectivity index (χ2v) is 6.31. The van der Waals surface area contributed by atoms with Crippen LogP contribution in [0.25, 0.3) is 22.0 Å². The molecule has 3 aromatic rings. The van der Waals surface area contributed by atoms with Gasteiger partial charge >= 0.3 is 0 Å². The third kappa shape index (κ3) is 2.91. The number of aromatic nitrogens is 2. The van der Waals surface area contributed by atoms with Gasteiger partial charge in [-0.25, -0.2) is 4.98 Å². The second kappa shape index (κ2) is 5.99. The van der Waals surface area contributed by atoms with Gasteiger partial charge in [0.25, 0.3) is 0 Å². The molecule has 0 amide bonds. The van der Waals surface area contributed by atoms with Gasteiger partial charge in [0, 0.05) is 30.4 Å². The first-order valence-corrected chi connectivity index (χ1v) is 8.38. The van der Waals surface area contributed by atoms with Gasteiger partial charge in [-0.2, -0.15) is 0 Å². The van der Waals surface area contributed by atoms with Crippen molar-refractivity contribution in [3.63, 3.8) is 0 Å². The van der Waals surface area contributed by atoms with Crippen LogP contribution in [0.5, 0.6) is 0 Å². The van der Waals surface area contributed by atoms with Crippen molar-refractivity contribution in [3.8, 4) is 11.1 Å². The lowest BCUT2D eigenvalue weighted by atomic mass is 10.0. The Morgan fingerprint density at radius 3 is 2.52 bits per heavy atom. The smallest absolute Gasteiger partial charge is 0.129 e. The maximum atomic E-state index is 4.86. The van der Waals surface area contributed by atoms with Crippen LogP contribution in [-0.2, 0) is 0 Å². The minimum Gasteiger partial charge on any atom is -0.357 e. The third-order valence-corrected chi connectivity index (χ3v) is 4.58. The molecule has 1 fully saturated rings. The van der Waals surface area contributed by atoms with E-state index in [4.69, 9.17) is 4.98 Å². The highest BCUT2D eigenvalue weighted by molar-refractivity contribution is 5.85. The number of anilines is 1. The molecule has 3 nitrogen and oxygen atoms in total. The lowest BCUT2D eigenvalue weighted by Gasteiger charge is -2.27. The summed E-state index contributed by atoms with van der Waals surface area (Å²) in [6.45, 7) is 4.29. The number of pyridine rings is 2. The quantitative estimate of drug-likeness (QED) is 0.693. The van der Waals surface area contributed by atoms with E-state index in [1.54, 1.807) is 0 Å². The van der Waals surface area contributed by atoms with Crippen molar-refractivity contribution < 1.29 is 0 Å². The van der Waals surface area contributed by atoms with Gasteiger partial charge in [-0.3, -0.25) is 4.98 Å². The van der Waals surface area contributed by atoms with Crippen LogP contribution in [0.1, 0.15) is 25.0 Å². The molecular formula is C20H21N3. The average molecular weight is 303 g/mol. The van der Waals surface area contributed by atoms with Crippen molar-refractivity contribution in [2.24, 2.45) is 0 Å². The van der Waals surface area contributed by atoms with Crippen LogP contribution in [0.4, 0.5) is 5.82 Å². The summed E-state index contributed by atoms with van der Waals surface area (Å²) in [6.07, 6.45) is 5.77. The summed E-state index contributed by atoms with van der Waals surface area (Å²) in [4.78, 5) is 11.5. The van der Waals surface area contributed by atoms with Gasteiger partial charge in [0.1, 0.15) is 5.82 Å². The molecule has 0 spiro atoms. The average Bonchev–Trinajstić information content (AvgIpc) is 2.61. The SMILES string of the molecule is Cc1cc(-c2ccc3nc(N4CCCCC4)ccc3c2)ccn1. The van der Waals surface area contributed by atoms with Crippen molar-refractivity contribution in [3.05, 3.63) is 54.4 Å². The summed E-state index contributed by atoms with van der Waals surface area (Å²) in [5.41, 5.74) is 4.54. The molecule has 23 heavy (non-hydrogen) atoms. The van der Waals surface area contributed by atoms with E-state index in [0.717, 1.165) is 30.1 Å². The van der Waals surface area contributed by atoms with Crippen molar-refractivity contribution in [1.82, 2.24) is 9.97 Å². The summed E-state index contributed by atoms with van der Waals surface area (Å²) >= 11 is 0. The normalized spacial score (nSPS) is 15.1. The Labute approximate surface area is 137 Å². The van der Waals surface area contributed by atoms with Crippen molar-refractivity contribution in [2.75, 3.05) is 18.0 Å². The fraction of sp³-hybridized carbons (Fsp3) is 0.300. The van der Waals surface area contributed by atoms with Gasteiger partial charge in [0.05, 0.1) is 5.52 Å². The summed E-state index contributed by atoms with van der Waals surface area (Å²) in [5.74, 6) is 1.12. The molecule has 4 rings (SSSR count). The van der Waals surface area contributed by atoms with Crippen LogP contribution in [0.2, 0.25) is 0 Å². The van der Waals surface area contributed by atoms with E-state index < -0.39 is 0 Å². The number of hydrogen-bond acceptors (Lipinski definition) is 3. The number of fused-ring (bicyclic) bond motifs is 1. The molecule has 116 valence electrons. The van der Waals surface area contributed by atoms with E-state index in [2.05, 4.69) is 52.3 Å². The Morgan fingerprint density at radius 2 is 1.70 bits per heavy atom. The number of nitrogens with zero attached hydrogens (tertiary/aromatic N) is 3. The predicted octanol–water partition coefficient (Wildman–Crippen LogP) is 4.60. The number of piperidine rings is 1. The van der Waals surface area contributed by atoms with Gasteiger partial charge in [0.15, 0.2) is 0 Å². The Bertz CT molecular complexity index is 835. The zero-order chi connectivity index (χ0) is 15.6. The largest absolute Gasteiger partial charge is 0.357 e. The maximum Gasteiger partial charge on any atom is 0.129 e. The van der Waals surface area contributed by atoms with E-state index in [0.29, 0.717) is 0 Å². The molecule has 0 N–H and O–H groups in total. The number of aryl methyl sites for hydroxylation is 1. The zero-order valence-electron chi connectivity index (χ0n) is 13.5. The molecule has 1 aliphatic rings. The van der Waals surface area contributed by atoms with Crippen molar-refractivity contribution in [1.29, 1.82) is 0 Å². The molecule has 2 aromatic heterocycles. The van der Waals surface area contributed by atoms with Crippen LogP contribution >= 0.6 is 0 Å². The van der Waals surface area contributed by atoms with Crippen LogP contribution < -0.4 is 4.90 Å². The van der Waals surface area contributed by atoms with E-state index in [1.165, 1.54) is 35.8 Å². The lowest BCUT2D eigenvalue weighted by Crippen LogP contribution is -2.30. The number of hydrogen-bond donors (Lipinski definition) is 0. The molecule has 3 heterocycles. The molecule has 3 heteroatoms.